The van der Waals surface area contributed by atoms with Crippen molar-refractivity contribution in [2.45, 2.75) is 11.8 Å². The number of rotatable bonds is 5. The van der Waals surface area contributed by atoms with E-state index in [1.807, 2.05) is 54.8 Å². The van der Waals surface area contributed by atoms with Gasteiger partial charge in [0.2, 0.25) is 0 Å². The summed E-state index contributed by atoms with van der Waals surface area (Å²) in [5, 5.41) is 7.51. The van der Waals surface area contributed by atoms with Crippen LogP contribution >= 0.6 is 11.3 Å². The molecule has 0 aliphatic rings. The Kier molecular flexibility index (Phi) is 5.58. The molecule has 0 spiro atoms. The molecule has 7 nitrogen and oxygen atoms in total. The van der Waals surface area contributed by atoms with Crippen LogP contribution in [0.1, 0.15) is 11.1 Å². The van der Waals surface area contributed by atoms with Gasteiger partial charge in [-0.3, -0.25) is 4.79 Å². The molecule has 182 valence electrons. The summed E-state index contributed by atoms with van der Waals surface area (Å²) in [4.78, 5) is 18.6. The van der Waals surface area contributed by atoms with Crippen LogP contribution in [-0.4, -0.2) is 28.3 Å². The molecule has 6 aromatic rings. The molecule has 0 atom stereocenters. The number of para-hydroxylation sites is 1. The van der Waals surface area contributed by atoms with Crippen LogP contribution in [0.4, 0.5) is 0 Å². The molecule has 3 aromatic heterocycles. The zero-order valence-corrected chi connectivity index (χ0v) is 21.3. The van der Waals surface area contributed by atoms with Gasteiger partial charge in [-0.25, -0.2) is 17.4 Å². The van der Waals surface area contributed by atoms with Crippen molar-refractivity contribution < 1.29 is 8.42 Å². The lowest BCUT2D eigenvalue weighted by atomic mass is 10.1. The van der Waals surface area contributed by atoms with E-state index in [2.05, 4.69) is 10.1 Å². The van der Waals surface area contributed by atoms with Crippen molar-refractivity contribution in [2.24, 2.45) is 5.10 Å². The van der Waals surface area contributed by atoms with E-state index in [1.165, 1.54) is 38.7 Å². The maximum absolute atomic E-state index is 13.4. The highest BCUT2D eigenvalue weighted by Crippen LogP contribution is 2.30. The maximum atomic E-state index is 13.4. The van der Waals surface area contributed by atoms with E-state index in [-0.39, 0.29) is 10.5 Å². The van der Waals surface area contributed by atoms with Gasteiger partial charge in [-0.2, -0.15) is 9.78 Å². The van der Waals surface area contributed by atoms with Gasteiger partial charge in [0.25, 0.3) is 15.6 Å². The van der Waals surface area contributed by atoms with Crippen molar-refractivity contribution in [3.05, 3.63) is 118 Å². The normalized spacial score (nSPS) is 12.1. The second-order valence-corrected chi connectivity index (χ2v) is 11.2. The monoisotopic (exact) mass is 524 g/mol. The summed E-state index contributed by atoms with van der Waals surface area (Å²) in [7, 11) is -3.83. The Morgan fingerprint density at radius 3 is 2.46 bits per heavy atom. The third kappa shape index (κ3) is 3.98. The molecule has 3 heterocycles. The fourth-order valence-electron chi connectivity index (χ4n) is 4.26. The van der Waals surface area contributed by atoms with Crippen LogP contribution in [0.2, 0.25) is 0 Å². The number of hydrogen-bond acceptors (Lipinski definition) is 6. The first-order valence-electron chi connectivity index (χ1n) is 11.4. The highest BCUT2D eigenvalue weighted by atomic mass is 32.2. The molecule has 0 fully saturated rings. The van der Waals surface area contributed by atoms with Crippen LogP contribution < -0.4 is 5.56 Å². The second-order valence-electron chi connectivity index (χ2n) is 8.55. The molecule has 9 heteroatoms. The second kappa shape index (κ2) is 8.95. The number of aryl methyl sites for hydroxylation is 1. The van der Waals surface area contributed by atoms with Crippen molar-refractivity contribution in [3.8, 4) is 11.1 Å². The van der Waals surface area contributed by atoms with Gasteiger partial charge in [-0.1, -0.05) is 66.2 Å². The van der Waals surface area contributed by atoms with Gasteiger partial charge in [0.1, 0.15) is 11.2 Å². The quantitative estimate of drug-likeness (QED) is 0.279. The predicted octanol–water partition coefficient (Wildman–Crippen LogP) is 5.51. The van der Waals surface area contributed by atoms with Crippen LogP contribution in [0.3, 0.4) is 0 Å². The number of thiophene rings is 1. The fraction of sp³-hybridized carbons (Fsp3) is 0.0357. The summed E-state index contributed by atoms with van der Waals surface area (Å²) < 4.78 is 29.3. The molecule has 6 rings (SSSR count). The van der Waals surface area contributed by atoms with E-state index in [1.54, 1.807) is 36.4 Å². The van der Waals surface area contributed by atoms with Crippen LogP contribution in [0, 0.1) is 6.92 Å². The molecular formula is C28H20N4O3S2. The van der Waals surface area contributed by atoms with Crippen molar-refractivity contribution in [1.29, 1.82) is 0 Å². The summed E-state index contributed by atoms with van der Waals surface area (Å²) >= 11 is 1.41. The van der Waals surface area contributed by atoms with Crippen molar-refractivity contribution >= 4 is 48.7 Å². The van der Waals surface area contributed by atoms with Gasteiger partial charge in [0, 0.05) is 28.1 Å². The molecular weight excluding hydrogens is 504 g/mol. The summed E-state index contributed by atoms with van der Waals surface area (Å²) in [6, 6.07) is 23.6. The third-order valence-corrected chi connectivity index (χ3v) is 8.74. The molecule has 0 N–H and O–H groups in total. The lowest BCUT2D eigenvalue weighted by molar-refractivity contribution is 0.589. The summed E-state index contributed by atoms with van der Waals surface area (Å²) in [6.45, 7) is 1.91. The SMILES string of the molecule is Cc1ccc(S(=O)(=O)n2cc(C=Nn3cnc4scc(-c5ccccc5)c4c3=O)c3ccccc32)cc1. The van der Waals surface area contributed by atoms with E-state index in [0.29, 0.717) is 26.7 Å². The average molecular weight is 525 g/mol. The molecule has 3 aromatic carbocycles. The van der Waals surface area contributed by atoms with Crippen LogP contribution in [0.25, 0.3) is 32.2 Å². The minimum Gasteiger partial charge on any atom is -0.267 e. The maximum Gasteiger partial charge on any atom is 0.283 e. The number of aromatic nitrogens is 3. The van der Waals surface area contributed by atoms with Gasteiger partial charge in [0.05, 0.1) is 22.0 Å². The van der Waals surface area contributed by atoms with Crippen molar-refractivity contribution in [1.82, 2.24) is 13.6 Å². The molecule has 0 saturated heterocycles. The minimum absolute atomic E-state index is 0.194. The molecule has 0 radical (unpaired) electrons. The Labute approximate surface area is 216 Å². The molecule has 37 heavy (non-hydrogen) atoms. The average Bonchev–Trinajstić information content (AvgIpc) is 3.52. The first-order valence-corrected chi connectivity index (χ1v) is 13.8. The largest absolute Gasteiger partial charge is 0.283 e. The zero-order valence-electron chi connectivity index (χ0n) is 19.6. The predicted molar refractivity (Wildman–Crippen MR) is 148 cm³/mol. The molecule has 0 saturated carbocycles. The van der Waals surface area contributed by atoms with Crippen LogP contribution in [0.5, 0.6) is 0 Å². The zero-order chi connectivity index (χ0) is 25.6. The fourth-order valence-corrected chi connectivity index (χ4v) is 6.55. The van der Waals surface area contributed by atoms with Crippen LogP contribution in [0.15, 0.2) is 112 Å². The molecule has 0 aliphatic heterocycles. The smallest absolute Gasteiger partial charge is 0.267 e. The minimum atomic E-state index is -3.83. The Hall–Kier alpha value is -4.34. The Balaban J connectivity index is 1.45. The Morgan fingerprint density at radius 1 is 0.946 bits per heavy atom. The van der Waals surface area contributed by atoms with Crippen molar-refractivity contribution in [3.63, 3.8) is 0 Å². The third-order valence-electron chi connectivity index (χ3n) is 6.17. The Morgan fingerprint density at radius 2 is 1.68 bits per heavy atom. The molecule has 0 unspecified atom stereocenters. The van der Waals surface area contributed by atoms with E-state index >= 15 is 0 Å². The number of fused-ring (bicyclic) bond motifs is 2. The molecule has 0 bridgehead atoms. The van der Waals surface area contributed by atoms with Gasteiger partial charge >= 0.3 is 0 Å². The van der Waals surface area contributed by atoms with E-state index in [4.69, 9.17) is 0 Å². The van der Waals surface area contributed by atoms with E-state index in [9.17, 15) is 13.2 Å². The molecule has 0 aliphatic carbocycles. The van der Waals surface area contributed by atoms with Gasteiger partial charge in [-0.15, -0.1) is 11.3 Å². The van der Waals surface area contributed by atoms with Gasteiger partial charge in [-0.05, 0) is 30.7 Å². The number of benzene rings is 3. The van der Waals surface area contributed by atoms with Gasteiger partial charge in [0.15, 0.2) is 0 Å². The topological polar surface area (TPSA) is 86.3 Å². The summed E-state index contributed by atoms with van der Waals surface area (Å²) in [5.41, 5.74) is 3.50. The lowest BCUT2D eigenvalue weighted by Crippen LogP contribution is -2.16. The first kappa shape index (κ1) is 23.1. The highest BCUT2D eigenvalue weighted by Gasteiger charge is 2.21. The molecule has 0 amide bonds. The van der Waals surface area contributed by atoms with E-state index < -0.39 is 10.0 Å². The summed E-state index contributed by atoms with van der Waals surface area (Å²) in [6.07, 6.45) is 4.40. The van der Waals surface area contributed by atoms with Crippen LogP contribution in [-0.2, 0) is 10.0 Å². The lowest BCUT2D eigenvalue weighted by Gasteiger charge is -2.07. The van der Waals surface area contributed by atoms with Gasteiger partial charge < -0.3 is 0 Å². The van der Waals surface area contributed by atoms with E-state index in [0.717, 1.165) is 16.7 Å². The number of hydrogen-bond donors (Lipinski definition) is 0. The van der Waals surface area contributed by atoms with Crippen molar-refractivity contribution in [2.75, 3.05) is 0 Å². The standard InChI is InChI=1S/C28H20N4O3S2/c1-19-11-13-22(14-12-19)37(34,35)32-16-21(23-9-5-6-10-25(23)32)15-30-31-18-29-27-26(28(31)33)24(17-36-27)20-7-3-2-4-8-20/h2-18H,1H3. The Bertz CT molecular complexity index is 1970. The first-order chi connectivity index (χ1) is 17.9. The highest BCUT2D eigenvalue weighted by molar-refractivity contribution is 7.90. The summed E-state index contributed by atoms with van der Waals surface area (Å²) in [5.74, 6) is 0. The number of nitrogens with zero attached hydrogens (tertiary/aromatic N) is 4.